The fraction of sp³-hybridized carbons (Fsp3) is 0.200. The van der Waals surface area contributed by atoms with E-state index in [1.807, 2.05) is 29.6 Å². The van der Waals surface area contributed by atoms with Crippen molar-refractivity contribution in [3.63, 3.8) is 0 Å². The van der Waals surface area contributed by atoms with Crippen LogP contribution in [0, 0.1) is 0 Å². The van der Waals surface area contributed by atoms with Gasteiger partial charge in [0, 0.05) is 4.88 Å². The zero-order valence-electron chi connectivity index (χ0n) is 12.1. The van der Waals surface area contributed by atoms with Gasteiger partial charge < -0.3 is 14.8 Å². The Morgan fingerprint density at radius 3 is 2.83 bits per heavy atom. The molecule has 3 rings (SSSR count). The summed E-state index contributed by atoms with van der Waals surface area (Å²) in [5.41, 5.74) is 5.17. The maximum Gasteiger partial charge on any atom is 0.283 e. The highest BCUT2D eigenvalue weighted by atomic mass is 32.1. The van der Waals surface area contributed by atoms with Gasteiger partial charge in [-0.25, -0.2) is 0 Å². The lowest BCUT2D eigenvalue weighted by atomic mass is 10.2. The summed E-state index contributed by atoms with van der Waals surface area (Å²) in [6.45, 7) is 0.760. The average Bonchev–Trinajstić information content (AvgIpc) is 3.11. The first-order valence-electron chi connectivity index (χ1n) is 6.97. The van der Waals surface area contributed by atoms with Gasteiger partial charge >= 0.3 is 0 Å². The lowest BCUT2D eigenvalue weighted by Gasteiger charge is -2.25. The molecule has 1 aliphatic rings. The summed E-state index contributed by atoms with van der Waals surface area (Å²) >= 11 is 6.74. The van der Waals surface area contributed by atoms with Crippen LogP contribution in [0.1, 0.15) is 4.88 Å². The molecular formula is C15H15N3O3S2. The summed E-state index contributed by atoms with van der Waals surface area (Å²) in [6.07, 6.45) is -0.725. The molecular weight excluding hydrogens is 334 g/mol. The second-order valence-corrected chi connectivity index (χ2v) is 6.18. The minimum atomic E-state index is -0.725. The first-order chi connectivity index (χ1) is 11.2. The number of hydrogen-bond donors (Lipinski definition) is 3. The first-order valence-corrected chi connectivity index (χ1v) is 8.26. The van der Waals surface area contributed by atoms with Crippen LogP contribution in [0.15, 0.2) is 41.8 Å². The largest absolute Gasteiger partial charge is 0.485 e. The number of ether oxygens (including phenoxy) is 2. The standard InChI is InChI=1S/C15H15N3O3S2/c19-14(13-9-20-11-5-1-2-6-12(11)21-13)17-18-15(22)16-8-10-4-3-7-23-10/h1-7,13H,8-9H2,(H,17,19)(H2,16,18,22)/t13-/m0/s1. The first kappa shape index (κ1) is 15.6. The molecule has 0 unspecified atom stereocenters. The fourth-order valence-corrected chi connectivity index (χ4v) is 2.74. The quantitative estimate of drug-likeness (QED) is 0.577. The number of hydrazine groups is 1. The van der Waals surface area contributed by atoms with Gasteiger partial charge in [-0.3, -0.25) is 15.6 Å². The Morgan fingerprint density at radius 2 is 2.04 bits per heavy atom. The highest BCUT2D eigenvalue weighted by molar-refractivity contribution is 7.80. The number of fused-ring (bicyclic) bond motifs is 1. The van der Waals surface area contributed by atoms with Crippen molar-refractivity contribution < 1.29 is 14.3 Å². The van der Waals surface area contributed by atoms with Crippen molar-refractivity contribution in [3.05, 3.63) is 46.7 Å². The highest BCUT2D eigenvalue weighted by Crippen LogP contribution is 2.30. The third-order valence-electron chi connectivity index (χ3n) is 3.10. The Kier molecular flexibility index (Phi) is 4.94. The SMILES string of the molecule is O=C(NNC(=S)NCc1cccs1)[C@@H]1COc2ccccc2O1. The molecule has 120 valence electrons. The summed E-state index contributed by atoms with van der Waals surface area (Å²) in [7, 11) is 0. The van der Waals surface area contributed by atoms with Crippen LogP contribution < -0.4 is 25.6 Å². The molecule has 0 radical (unpaired) electrons. The molecule has 23 heavy (non-hydrogen) atoms. The summed E-state index contributed by atoms with van der Waals surface area (Å²) in [4.78, 5) is 13.2. The lowest BCUT2D eigenvalue weighted by Crippen LogP contribution is -2.52. The lowest BCUT2D eigenvalue weighted by molar-refractivity contribution is -0.130. The van der Waals surface area contributed by atoms with Gasteiger partial charge in [0.15, 0.2) is 16.6 Å². The van der Waals surface area contributed by atoms with E-state index in [0.29, 0.717) is 23.2 Å². The van der Waals surface area contributed by atoms with Crippen LogP contribution in [-0.2, 0) is 11.3 Å². The number of para-hydroxylation sites is 2. The number of benzene rings is 1. The van der Waals surface area contributed by atoms with Gasteiger partial charge in [0.25, 0.3) is 5.91 Å². The van der Waals surface area contributed by atoms with Gasteiger partial charge in [-0.15, -0.1) is 11.3 Å². The fourth-order valence-electron chi connectivity index (χ4n) is 1.97. The monoisotopic (exact) mass is 349 g/mol. The number of hydrogen-bond acceptors (Lipinski definition) is 5. The van der Waals surface area contributed by atoms with E-state index in [0.717, 1.165) is 4.88 Å². The number of carbonyl (C=O) groups is 1. The van der Waals surface area contributed by atoms with E-state index in [1.54, 1.807) is 23.5 Å². The molecule has 1 aromatic carbocycles. The van der Waals surface area contributed by atoms with Crippen LogP contribution in [0.5, 0.6) is 11.5 Å². The van der Waals surface area contributed by atoms with E-state index in [4.69, 9.17) is 21.7 Å². The van der Waals surface area contributed by atoms with Gasteiger partial charge in [-0.1, -0.05) is 18.2 Å². The molecule has 0 fully saturated rings. The molecule has 8 heteroatoms. The number of carbonyl (C=O) groups excluding carboxylic acids is 1. The van der Waals surface area contributed by atoms with Crippen molar-refractivity contribution in [2.24, 2.45) is 0 Å². The second-order valence-electron chi connectivity index (χ2n) is 4.74. The number of rotatable bonds is 3. The molecule has 1 aromatic heterocycles. The van der Waals surface area contributed by atoms with Gasteiger partial charge in [-0.05, 0) is 35.8 Å². The van der Waals surface area contributed by atoms with E-state index in [2.05, 4.69) is 16.2 Å². The molecule has 2 aromatic rings. The van der Waals surface area contributed by atoms with Crippen LogP contribution in [0.2, 0.25) is 0 Å². The van der Waals surface area contributed by atoms with E-state index in [1.165, 1.54) is 0 Å². The van der Waals surface area contributed by atoms with Gasteiger partial charge in [-0.2, -0.15) is 0 Å². The Bertz CT molecular complexity index is 691. The van der Waals surface area contributed by atoms with E-state index >= 15 is 0 Å². The van der Waals surface area contributed by atoms with E-state index in [9.17, 15) is 4.79 Å². The molecule has 0 saturated carbocycles. The van der Waals surface area contributed by atoms with Crippen molar-refractivity contribution in [1.29, 1.82) is 0 Å². The number of nitrogens with one attached hydrogen (secondary N) is 3. The van der Waals surface area contributed by atoms with Crippen molar-refractivity contribution in [2.45, 2.75) is 12.6 Å². The van der Waals surface area contributed by atoms with E-state index < -0.39 is 6.10 Å². The summed E-state index contributed by atoms with van der Waals surface area (Å²) in [5.74, 6) is 0.842. The maximum absolute atomic E-state index is 12.1. The molecule has 6 nitrogen and oxygen atoms in total. The Morgan fingerprint density at radius 1 is 1.22 bits per heavy atom. The van der Waals surface area contributed by atoms with Gasteiger partial charge in [0.1, 0.15) is 6.61 Å². The van der Waals surface area contributed by atoms with Crippen molar-refractivity contribution in [1.82, 2.24) is 16.2 Å². The zero-order valence-corrected chi connectivity index (χ0v) is 13.7. The highest BCUT2D eigenvalue weighted by Gasteiger charge is 2.27. The molecule has 0 spiro atoms. The van der Waals surface area contributed by atoms with Gasteiger partial charge in [0.05, 0.1) is 6.54 Å². The summed E-state index contributed by atoms with van der Waals surface area (Å²) in [5, 5.41) is 5.33. The molecule has 2 heterocycles. The molecule has 0 saturated heterocycles. The third-order valence-corrected chi connectivity index (χ3v) is 4.23. The second kappa shape index (κ2) is 7.30. The van der Waals surface area contributed by atoms with Crippen LogP contribution in [0.4, 0.5) is 0 Å². The van der Waals surface area contributed by atoms with Crippen LogP contribution in [0.25, 0.3) is 0 Å². The normalized spacial score (nSPS) is 15.6. The Hall–Kier alpha value is -2.32. The predicted octanol–water partition coefficient (Wildman–Crippen LogP) is 1.58. The van der Waals surface area contributed by atoms with Crippen LogP contribution in [0.3, 0.4) is 0 Å². The predicted molar refractivity (Wildman–Crippen MR) is 91.4 cm³/mol. The molecule has 1 amide bonds. The molecule has 0 aliphatic carbocycles. The molecule has 3 N–H and O–H groups in total. The zero-order chi connectivity index (χ0) is 16.1. The minimum Gasteiger partial charge on any atom is -0.485 e. The smallest absolute Gasteiger partial charge is 0.283 e. The summed E-state index contributed by atoms with van der Waals surface area (Å²) < 4.78 is 11.1. The van der Waals surface area contributed by atoms with Crippen molar-refractivity contribution in [2.75, 3.05) is 6.61 Å². The molecule has 1 aliphatic heterocycles. The van der Waals surface area contributed by atoms with Crippen LogP contribution >= 0.6 is 23.6 Å². The molecule has 1 atom stereocenters. The minimum absolute atomic E-state index is 0.153. The Labute approximate surface area is 142 Å². The number of thiocarbonyl (C=S) groups is 1. The summed E-state index contributed by atoms with van der Waals surface area (Å²) in [6, 6.07) is 11.2. The topological polar surface area (TPSA) is 71.6 Å². The molecule has 0 bridgehead atoms. The van der Waals surface area contributed by atoms with Crippen molar-refractivity contribution in [3.8, 4) is 11.5 Å². The van der Waals surface area contributed by atoms with E-state index in [-0.39, 0.29) is 12.5 Å². The third kappa shape index (κ3) is 4.11. The van der Waals surface area contributed by atoms with Crippen molar-refractivity contribution >= 4 is 34.6 Å². The Balaban J connectivity index is 1.44. The van der Waals surface area contributed by atoms with Gasteiger partial charge in [0.2, 0.25) is 6.10 Å². The number of amides is 1. The van der Waals surface area contributed by atoms with Crippen LogP contribution in [-0.4, -0.2) is 23.7 Å². The maximum atomic E-state index is 12.1. The number of thiophene rings is 1. The average molecular weight is 349 g/mol.